The first-order valence-corrected chi connectivity index (χ1v) is 10.2. The molecule has 1 saturated heterocycles. The Labute approximate surface area is 155 Å². The summed E-state index contributed by atoms with van der Waals surface area (Å²) in [4.78, 5) is 19.5. The van der Waals surface area contributed by atoms with Crippen LogP contribution in [0, 0.1) is 5.92 Å². The monoisotopic (exact) mass is 349 g/mol. The van der Waals surface area contributed by atoms with Crippen molar-refractivity contribution in [3.8, 4) is 11.3 Å². The van der Waals surface area contributed by atoms with Crippen molar-refractivity contribution < 1.29 is 4.79 Å². The zero-order chi connectivity index (χ0) is 17.5. The molecule has 4 heteroatoms. The molecule has 0 radical (unpaired) electrons. The first-order valence-electron chi connectivity index (χ1n) is 10.2. The molecule has 0 N–H and O–H groups in total. The molecule has 3 aliphatic rings. The van der Waals surface area contributed by atoms with Crippen LogP contribution in [-0.2, 0) is 11.3 Å². The highest BCUT2D eigenvalue weighted by molar-refractivity contribution is 5.79. The van der Waals surface area contributed by atoms with Crippen LogP contribution in [0.4, 0.5) is 0 Å². The number of likely N-dealkylation sites (tertiary alicyclic amines) is 1. The van der Waals surface area contributed by atoms with Gasteiger partial charge in [-0.15, -0.1) is 0 Å². The number of benzene rings is 1. The molecule has 2 aromatic rings. The molecule has 136 valence electrons. The molecule has 5 rings (SSSR count). The van der Waals surface area contributed by atoms with Gasteiger partial charge in [0.15, 0.2) is 0 Å². The van der Waals surface area contributed by atoms with Gasteiger partial charge in [0.2, 0.25) is 5.91 Å². The molecule has 2 saturated carbocycles. The van der Waals surface area contributed by atoms with Crippen LogP contribution in [-0.4, -0.2) is 32.9 Å². The van der Waals surface area contributed by atoms with E-state index >= 15 is 0 Å². The third kappa shape index (κ3) is 2.95. The van der Waals surface area contributed by atoms with Crippen LogP contribution < -0.4 is 0 Å². The number of carbonyl (C=O) groups excluding carboxylic acids is 1. The summed E-state index contributed by atoms with van der Waals surface area (Å²) in [6, 6.07) is 11.0. The van der Waals surface area contributed by atoms with E-state index in [-0.39, 0.29) is 0 Å². The second kappa shape index (κ2) is 6.57. The number of aromatic nitrogens is 2. The van der Waals surface area contributed by atoms with Gasteiger partial charge < -0.3 is 9.47 Å². The minimum absolute atomic E-state index is 0.373. The van der Waals surface area contributed by atoms with Gasteiger partial charge in [-0.1, -0.05) is 43.2 Å². The molecular formula is C22H27N3O. The number of hydrogen-bond donors (Lipinski definition) is 0. The molecule has 1 amide bonds. The maximum atomic E-state index is 12.5. The molecular weight excluding hydrogens is 322 g/mol. The van der Waals surface area contributed by atoms with Crippen molar-refractivity contribution in [3.05, 3.63) is 42.4 Å². The van der Waals surface area contributed by atoms with E-state index in [2.05, 4.69) is 39.8 Å². The van der Waals surface area contributed by atoms with Crippen molar-refractivity contribution in [1.29, 1.82) is 0 Å². The summed E-state index contributed by atoms with van der Waals surface area (Å²) in [5.41, 5.74) is 3.75. The van der Waals surface area contributed by atoms with E-state index in [4.69, 9.17) is 4.98 Å². The molecule has 26 heavy (non-hydrogen) atoms. The van der Waals surface area contributed by atoms with Crippen LogP contribution in [0.5, 0.6) is 0 Å². The smallest absolute Gasteiger partial charge is 0.223 e. The second-order valence-electron chi connectivity index (χ2n) is 8.33. The number of carbonyl (C=O) groups is 1. The van der Waals surface area contributed by atoms with Crippen molar-refractivity contribution in [2.45, 2.75) is 63.5 Å². The predicted octanol–water partition coefficient (Wildman–Crippen LogP) is 4.22. The van der Waals surface area contributed by atoms with Crippen LogP contribution in [0.1, 0.15) is 56.6 Å². The van der Waals surface area contributed by atoms with Crippen LogP contribution in [0.15, 0.2) is 36.7 Å². The molecule has 0 spiro atoms. The molecule has 1 atom stereocenters. The lowest BCUT2D eigenvalue weighted by molar-refractivity contribution is -0.129. The Balaban J connectivity index is 1.36. The summed E-state index contributed by atoms with van der Waals surface area (Å²) < 4.78 is 2.36. The number of nitrogens with zero attached hydrogens (tertiary/aromatic N) is 3. The van der Waals surface area contributed by atoms with E-state index in [1.54, 1.807) is 0 Å². The van der Waals surface area contributed by atoms with Gasteiger partial charge in [0.05, 0.1) is 12.0 Å². The predicted molar refractivity (Wildman–Crippen MR) is 102 cm³/mol. The summed E-state index contributed by atoms with van der Waals surface area (Å²) in [6.45, 7) is 1.87. The summed E-state index contributed by atoms with van der Waals surface area (Å²) in [5, 5.41) is 0. The zero-order valence-electron chi connectivity index (χ0n) is 15.3. The van der Waals surface area contributed by atoms with Crippen molar-refractivity contribution in [2.24, 2.45) is 5.92 Å². The Hall–Kier alpha value is -2.10. The fourth-order valence-corrected chi connectivity index (χ4v) is 4.92. The first-order chi connectivity index (χ1) is 12.8. The fraction of sp³-hybridized carbons (Fsp3) is 0.545. The van der Waals surface area contributed by atoms with Crippen LogP contribution in [0.2, 0.25) is 0 Å². The van der Waals surface area contributed by atoms with Crippen molar-refractivity contribution >= 4 is 5.91 Å². The third-order valence-electron chi connectivity index (χ3n) is 6.35. The largest absolute Gasteiger partial charge is 0.339 e. The fourth-order valence-electron chi connectivity index (χ4n) is 4.92. The normalized spacial score (nSPS) is 23.9. The van der Waals surface area contributed by atoms with Gasteiger partial charge in [-0.05, 0) is 25.7 Å². The molecule has 3 fully saturated rings. The quantitative estimate of drug-likeness (QED) is 0.811. The van der Waals surface area contributed by atoms with E-state index < -0.39 is 0 Å². The van der Waals surface area contributed by atoms with Crippen molar-refractivity contribution in [2.75, 3.05) is 6.54 Å². The van der Waals surface area contributed by atoms with E-state index in [0.717, 1.165) is 18.8 Å². The molecule has 1 aliphatic heterocycles. The van der Waals surface area contributed by atoms with Crippen LogP contribution in [0.25, 0.3) is 11.3 Å². The average molecular weight is 349 g/mol. The number of rotatable bonds is 5. The van der Waals surface area contributed by atoms with Crippen molar-refractivity contribution in [1.82, 2.24) is 14.5 Å². The summed E-state index contributed by atoms with van der Waals surface area (Å²) in [5.74, 6) is 1.45. The van der Waals surface area contributed by atoms with Crippen LogP contribution >= 0.6 is 0 Å². The summed E-state index contributed by atoms with van der Waals surface area (Å²) in [6.07, 6.45) is 10.2. The highest BCUT2D eigenvalue weighted by Crippen LogP contribution is 2.44. The first kappa shape index (κ1) is 16.1. The molecule has 4 nitrogen and oxygen atoms in total. The standard InChI is InChI=1S/C22H27N3O/c26-20-12-16(14-25(20)19-8-4-5-9-19)13-24-15-23-21(22(24)18-10-11-18)17-6-2-1-3-7-17/h1-3,6-7,15-16,18-19H,4-5,8-14H2/t16-/m0/s1. The minimum atomic E-state index is 0.373. The Morgan fingerprint density at radius 2 is 1.81 bits per heavy atom. The average Bonchev–Trinajstić information content (AvgIpc) is 3.06. The molecule has 0 unspecified atom stereocenters. The zero-order valence-corrected chi connectivity index (χ0v) is 15.3. The van der Waals surface area contributed by atoms with Crippen molar-refractivity contribution in [3.63, 3.8) is 0 Å². The van der Waals surface area contributed by atoms with Gasteiger partial charge in [0.1, 0.15) is 0 Å². The summed E-state index contributed by atoms with van der Waals surface area (Å²) in [7, 11) is 0. The molecule has 2 heterocycles. The van der Waals surface area contributed by atoms with Gasteiger partial charge in [-0.25, -0.2) is 4.98 Å². The lowest BCUT2D eigenvalue weighted by Gasteiger charge is -2.24. The molecule has 0 bridgehead atoms. The van der Waals surface area contributed by atoms with Crippen LogP contribution in [0.3, 0.4) is 0 Å². The topological polar surface area (TPSA) is 38.1 Å². The highest BCUT2D eigenvalue weighted by Gasteiger charge is 2.37. The van der Waals surface area contributed by atoms with Gasteiger partial charge in [-0.2, -0.15) is 0 Å². The molecule has 1 aromatic carbocycles. The van der Waals surface area contributed by atoms with Gasteiger partial charge in [-0.3, -0.25) is 4.79 Å². The summed E-state index contributed by atoms with van der Waals surface area (Å²) >= 11 is 0. The highest BCUT2D eigenvalue weighted by atomic mass is 16.2. The van der Waals surface area contributed by atoms with E-state index in [1.165, 1.54) is 49.8 Å². The SMILES string of the molecule is O=C1C[C@@H](Cn2cnc(-c3ccccc3)c2C2CC2)CN1C1CCCC1. The molecule has 2 aliphatic carbocycles. The number of hydrogen-bond acceptors (Lipinski definition) is 2. The van der Waals surface area contributed by atoms with E-state index in [9.17, 15) is 4.79 Å². The maximum absolute atomic E-state index is 12.5. The maximum Gasteiger partial charge on any atom is 0.223 e. The van der Waals surface area contributed by atoms with Gasteiger partial charge >= 0.3 is 0 Å². The Kier molecular flexibility index (Phi) is 4.07. The minimum Gasteiger partial charge on any atom is -0.339 e. The van der Waals surface area contributed by atoms with E-state index in [0.29, 0.717) is 30.2 Å². The van der Waals surface area contributed by atoms with E-state index in [1.807, 2.05) is 6.33 Å². The van der Waals surface area contributed by atoms with Gasteiger partial charge in [0, 0.05) is 48.6 Å². The molecule has 1 aromatic heterocycles. The lowest BCUT2D eigenvalue weighted by Crippen LogP contribution is -2.34. The second-order valence-corrected chi connectivity index (χ2v) is 8.33. The lowest BCUT2D eigenvalue weighted by atomic mass is 10.1. The Bertz CT molecular complexity index is 787. The number of amides is 1. The number of imidazole rings is 1. The third-order valence-corrected chi connectivity index (χ3v) is 6.35. The Morgan fingerprint density at radius 1 is 1.04 bits per heavy atom. The van der Waals surface area contributed by atoms with Gasteiger partial charge in [0.25, 0.3) is 0 Å². The Morgan fingerprint density at radius 3 is 2.54 bits per heavy atom.